The Labute approximate surface area is 166 Å². The quantitative estimate of drug-likeness (QED) is 0.676. The number of ether oxygens (including phenoxy) is 1. The maximum atomic E-state index is 12.5. The van der Waals surface area contributed by atoms with E-state index < -0.39 is 21.9 Å². The molecule has 7 nitrogen and oxygen atoms in total. The number of hydrogen-bond acceptors (Lipinski definition) is 5. The van der Waals surface area contributed by atoms with E-state index in [4.69, 9.17) is 4.74 Å². The van der Waals surface area contributed by atoms with E-state index in [1.54, 1.807) is 19.1 Å². The zero-order valence-electron chi connectivity index (χ0n) is 15.0. The van der Waals surface area contributed by atoms with Gasteiger partial charge in [-0.25, -0.2) is 17.5 Å². The van der Waals surface area contributed by atoms with E-state index in [2.05, 4.69) is 21.2 Å². The van der Waals surface area contributed by atoms with Crippen LogP contribution in [-0.4, -0.2) is 45.3 Å². The van der Waals surface area contributed by atoms with Crippen molar-refractivity contribution in [3.63, 3.8) is 0 Å². The van der Waals surface area contributed by atoms with Crippen LogP contribution in [0.15, 0.2) is 51.8 Å². The molecule has 144 valence electrons. The van der Waals surface area contributed by atoms with Gasteiger partial charge >= 0.3 is 5.97 Å². The Morgan fingerprint density at radius 1 is 1.07 bits per heavy atom. The number of anilines is 1. The van der Waals surface area contributed by atoms with Crippen LogP contribution < -0.4 is 5.32 Å². The molecule has 2 rings (SSSR count). The Morgan fingerprint density at radius 2 is 1.67 bits per heavy atom. The summed E-state index contributed by atoms with van der Waals surface area (Å²) in [6.45, 7) is 1.99. The summed E-state index contributed by atoms with van der Waals surface area (Å²) in [5.74, 6) is -0.914. The van der Waals surface area contributed by atoms with Gasteiger partial charge in [0, 0.05) is 29.8 Å². The zero-order valence-corrected chi connectivity index (χ0v) is 17.4. The van der Waals surface area contributed by atoms with Crippen molar-refractivity contribution in [3.8, 4) is 0 Å². The molecule has 27 heavy (non-hydrogen) atoms. The van der Waals surface area contributed by atoms with E-state index in [0.29, 0.717) is 15.7 Å². The molecule has 1 amide bonds. The van der Waals surface area contributed by atoms with Crippen LogP contribution in [0.25, 0.3) is 0 Å². The minimum absolute atomic E-state index is 0.00203. The second-order valence-electron chi connectivity index (χ2n) is 5.68. The minimum atomic E-state index is -3.70. The number of hydrogen-bond donors (Lipinski definition) is 1. The third-order valence-electron chi connectivity index (χ3n) is 3.61. The van der Waals surface area contributed by atoms with Crippen LogP contribution >= 0.6 is 15.9 Å². The standard InChI is InChI=1S/C18H19BrN2O5S/c1-4-26-18(23)12-5-8-14(9-6-12)20-17(22)13-7-10-15(19)16(11-13)27(24,25)21(2)3/h5-11H,4H2,1-3H3,(H,20,22). The molecule has 9 heteroatoms. The van der Waals surface area contributed by atoms with Gasteiger partial charge in [-0.15, -0.1) is 0 Å². The highest BCUT2D eigenvalue weighted by Gasteiger charge is 2.22. The van der Waals surface area contributed by atoms with E-state index in [9.17, 15) is 18.0 Å². The van der Waals surface area contributed by atoms with Crippen LogP contribution in [0, 0.1) is 0 Å². The van der Waals surface area contributed by atoms with Crippen molar-refractivity contribution in [2.45, 2.75) is 11.8 Å². The number of carbonyl (C=O) groups is 2. The summed E-state index contributed by atoms with van der Waals surface area (Å²) < 4.78 is 31.1. The van der Waals surface area contributed by atoms with Crippen molar-refractivity contribution in [1.29, 1.82) is 0 Å². The third-order valence-corrected chi connectivity index (χ3v) is 6.41. The van der Waals surface area contributed by atoms with Crippen LogP contribution in [0.1, 0.15) is 27.6 Å². The first-order valence-corrected chi connectivity index (χ1v) is 10.2. The predicted molar refractivity (Wildman–Crippen MR) is 105 cm³/mol. The fraction of sp³-hybridized carbons (Fsp3) is 0.222. The highest BCUT2D eigenvalue weighted by molar-refractivity contribution is 9.10. The van der Waals surface area contributed by atoms with Gasteiger partial charge in [0.25, 0.3) is 5.91 Å². The zero-order chi connectivity index (χ0) is 20.2. The SMILES string of the molecule is CCOC(=O)c1ccc(NC(=O)c2ccc(Br)c(S(=O)(=O)N(C)C)c2)cc1. The lowest BCUT2D eigenvalue weighted by molar-refractivity contribution is 0.0526. The lowest BCUT2D eigenvalue weighted by atomic mass is 10.2. The summed E-state index contributed by atoms with van der Waals surface area (Å²) in [5.41, 5.74) is 1.03. The first-order valence-electron chi connectivity index (χ1n) is 7.97. The van der Waals surface area contributed by atoms with Crippen LogP contribution in [0.3, 0.4) is 0 Å². The fourth-order valence-corrected chi connectivity index (χ4v) is 3.99. The second-order valence-corrected chi connectivity index (χ2v) is 8.66. The van der Waals surface area contributed by atoms with Crippen molar-refractivity contribution >= 4 is 43.5 Å². The molecular formula is C18H19BrN2O5S. The van der Waals surface area contributed by atoms with Crippen molar-refractivity contribution in [1.82, 2.24) is 4.31 Å². The summed E-state index contributed by atoms with van der Waals surface area (Å²) >= 11 is 3.20. The number of nitrogens with zero attached hydrogens (tertiary/aromatic N) is 1. The van der Waals surface area contributed by atoms with Crippen LogP contribution in [0.2, 0.25) is 0 Å². The molecular weight excluding hydrogens is 436 g/mol. The average Bonchev–Trinajstić information content (AvgIpc) is 2.62. The van der Waals surface area contributed by atoms with Gasteiger partial charge in [-0.05, 0) is 65.3 Å². The number of amides is 1. The maximum absolute atomic E-state index is 12.5. The Morgan fingerprint density at radius 3 is 2.22 bits per heavy atom. The normalized spacial score (nSPS) is 11.3. The first kappa shape index (κ1) is 21.1. The van der Waals surface area contributed by atoms with Crippen molar-refractivity contribution in [2.24, 2.45) is 0 Å². The number of carbonyl (C=O) groups excluding carboxylic acids is 2. The molecule has 1 N–H and O–H groups in total. The summed E-state index contributed by atoms with van der Waals surface area (Å²) in [6, 6.07) is 10.5. The van der Waals surface area contributed by atoms with Gasteiger partial charge in [0.15, 0.2) is 0 Å². The van der Waals surface area contributed by atoms with Crippen molar-refractivity contribution in [3.05, 3.63) is 58.1 Å². The van der Waals surface area contributed by atoms with Crippen molar-refractivity contribution < 1.29 is 22.7 Å². The number of halogens is 1. The number of benzene rings is 2. The monoisotopic (exact) mass is 454 g/mol. The van der Waals surface area contributed by atoms with E-state index in [1.807, 2.05) is 0 Å². The van der Waals surface area contributed by atoms with Gasteiger partial charge in [0.05, 0.1) is 17.1 Å². The lowest BCUT2D eigenvalue weighted by Crippen LogP contribution is -2.23. The Bertz CT molecular complexity index is 956. The number of rotatable bonds is 6. The third kappa shape index (κ3) is 4.94. The van der Waals surface area contributed by atoms with Crippen LogP contribution in [-0.2, 0) is 14.8 Å². The molecule has 0 aliphatic carbocycles. The van der Waals surface area contributed by atoms with Gasteiger partial charge in [0.1, 0.15) is 0 Å². The van der Waals surface area contributed by atoms with Crippen LogP contribution in [0.5, 0.6) is 0 Å². The van der Waals surface area contributed by atoms with Crippen LogP contribution in [0.4, 0.5) is 5.69 Å². The molecule has 2 aromatic rings. The number of nitrogens with one attached hydrogen (secondary N) is 1. The van der Waals surface area contributed by atoms with E-state index in [-0.39, 0.29) is 17.1 Å². The molecule has 0 fully saturated rings. The van der Waals surface area contributed by atoms with E-state index in [0.717, 1.165) is 4.31 Å². The minimum Gasteiger partial charge on any atom is -0.462 e. The van der Waals surface area contributed by atoms with E-state index in [1.165, 1.54) is 44.4 Å². The van der Waals surface area contributed by atoms with Gasteiger partial charge < -0.3 is 10.1 Å². The molecule has 0 radical (unpaired) electrons. The first-order chi connectivity index (χ1) is 12.7. The average molecular weight is 455 g/mol. The Hall–Kier alpha value is -2.23. The summed E-state index contributed by atoms with van der Waals surface area (Å²) in [4.78, 5) is 24.1. The lowest BCUT2D eigenvalue weighted by Gasteiger charge is -2.14. The van der Waals surface area contributed by atoms with Gasteiger partial charge in [0.2, 0.25) is 10.0 Å². The summed E-state index contributed by atoms with van der Waals surface area (Å²) in [7, 11) is -0.869. The maximum Gasteiger partial charge on any atom is 0.338 e. The molecule has 2 aromatic carbocycles. The molecule has 0 spiro atoms. The molecule has 0 saturated carbocycles. The van der Waals surface area contributed by atoms with Crippen molar-refractivity contribution in [2.75, 3.05) is 26.0 Å². The summed E-state index contributed by atoms with van der Waals surface area (Å²) in [5, 5.41) is 2.67. The highest BCUT2D eigenvalue weighted by atomic mass is 79.9. The molecule has 0 aliphatic rings. The van der Waals surface area contributed by atoms with E-state index >= 15 is 0 Å². The largest absolute Gasteiger partial charge is 0.462 e. The highest BCUT2D eigenvalue weighted by Crippen LogP contribution is 2.25. The molecule has 0 bridgehead atoms. The number of esters is 1. The topological polar surface area (TPSA) is 92.8 Å². The van der Waals surface area contributed by atoms with Gasteiger partial charge in [-0.2, -0.15) is 0 Å². The smallest absolute Gasteiger partial charge is 0.338 e. The summed E-state index contributed by atoms with van der Waals surface area (Å²) in [6.07, 6.45) is 0. The fourth-order valence-electron chi connectivity index (χ4n) is 2.15. The Balaban J connectivity index is 2.23. The molecule has 0 saturated heterocycles. The second kappa shape index (κ2) is 8.64. The van der Waals surface area contributed by atoms with Gasteiger partial charge in [-0.3, -0.25) is 4.79 Å². The predicted octanol–water partition coefficient (Wildman–Crippen LogP) is 3.13. The number of sulfonamides is 1. The van der Waals surface area contributed by atoms with Gasteiger partial charge in [-0.1, -0.05) is 0 Å². The molecule has 0 unspecified atom stereocenters. The molecule has 0 heterocycles. The molecule has 0 aliphatic heterocycles. The molecule has 0 atom stereocenters. The molecule has 0 aromatic heterocycles. The Kier molecular flexibility index (Phi) is 6.74.